The largest absolute Gasteiger partial charge is 0.466 e. The van der Waals surface area contributed by atoms with Crippen LogP contribution in [-0.4, -0.2) is 24.3 Å². The second-order valence-electron chi connectivity index (χ2n) is 3.65. The van der Waals surface area contributed by atoms with Crippen molar-refractivity contribution in [2.45, 2.75) is 18.9 Å². The number of benzene rings is 1. The molecule has 0 saturated heterocycles. The van der Waals surface area contributed by atoms with Crippen LogP contribution in [0.1, 0.15) is 18.4 Å². The van der Waals surface area contributed by atoms with Gasteiger partial charge in [-0.15, -0.1) is 0 Å². The first-order chi connectivity index (χ1) is 7.57. The van der Waals surface area contributed by atoms with E-state index in [1.54, 1.807) is 6.92 Å². The lowest BCUT2D eigenvalue weighted by molar-refractivity contribution is -0.136. The molecule has 0 amide bonds. The number of hydrogen-bond donors (Lipinski definition) is 1. The second-order valence-corrected chi connectivity index (χ2v) is 3.65. The standard InChI is InChI=1S/C13H16O3/c1-9(13(15)16-3)12(10(2)14)11-7-5-4-6-8-11/h4-8,10,12,14H,1H2,2-3H3/t10-,12-/m0/s1. The summed E-state index contributed by atoms with van der Waals surface area (Å²) in [6.07, 6.45) is -0.686. The minimum atomic E-state index is -0.686. The van der Waals surface area contributed by atoms with Crippen LogP contribution in [-0.2, 0) is 9.53 Å². The zero-order valence-electron chi connectivity index (χ0n) is 9.51. The average Bonchev–Trinajstić information content (AvgIpc) is 2.29. The lowest BCUT2D eigenvalue weighted by Crippen LogP contribution is -2.21. The van der Waals surface area contributed by atoms with Gasteiger partial charge in [-0.2, -0.15) is 0 Å². The third kappa shape index (κ3) is 2.70. The lowest BCUT2D eigenvalue weighted by Gasteiger charge is -2.21. The van der Waals surface area contributed by atoms with E-state index in [0.717, 1.165) is 5.56 Å². The fourth-order valence-electron chi connectivity index (χ4n) is 1.69. The number of aliphatic hydroxyl groups excluding tert-OH is 1. The van der Waals surface area contributed by atoms with Crippen LogP contribution in [0.5, 0.6) is 0 Å². The van der Waals surface area contributed by atoms with Gasteiger partial charge in [0, 0.05) is 11.5 Å². The van der Waals surface area contributed by atoms with Crippen LogP contribution in [0.15, 0.2) is 42.5 Å². The molecule has 0 aliphatic heterocycles. The summed E-state index contributed by atoms with van der Waals surface area (Å²) in [5.41, 5.74) is 1.12. The van der Waals surface area contributed by atoms with Gasteiger partial charge >= 0.3 is 5.97 Å². The summed E-state index contributed by atoms with van der Waals surface area (Å²) < 4.78 is 4.62. The Kier molecular flexibility index (Phi) is 4.26. The van der Waals surface area contributed by atoms with E-state index in [1.165, 1.54) is 7.11 Å². The Bertz CT molecular complexity index is 368. The Labute approximate surface area is 95.4 Å². The summed E-state index contributed by atoms with van der Waals surface area (Å²) in [5.74, 6) is -0.914. The molecule has 0 aromatic heterocycles. The molecule has 0 radical (unpaired) electrons. The Morgan fingerprint density at radius 2 is 1.94 bits per heavy atom. The van der Waals surface area contributed by atoms with Crippen LogP contribution >= 0.6 is 0 Å². The van der Waals surface area contributed by atoms with Crippen molar-refractivity contribution < 1.29 is 14.6 Å². The van der Waals surface area contributed by atoms with Crippen LogP contribution in [0.3, 0.4) is 0 Å². The molecule has 1 aromatic carbocycles. The number of methoxy groups -OCH3 is 1. The monoisotopic (exact) mass is 220 g/mol. The summed E-state index contributed by atoms with van der Waals surface area (Å²) in [5, 5.41) is 9.71. The van der Waals surface area contributed by atoms with Crippen molar-refractivity contribution in [2.75, 3.05) is 7.11 Å². The molecule has 3 heteroatoms. The van der Waals surface area contributed by atoms with E-state index >= 15 is 0 Å². The van der Waals surface area contributed by atoms with Crippen LogP contribution in [0.25, 0.3) is 0 Å². The van der Waals surface area contributed by atoms with Crippen molar-refractivity contribution in [3.8, 4) is 0 Å². The number of carbonyl (C=O) groups is 1. The summed E-state index contributed by atoms with van der Waals surface area (Å²) in [4.78, 5) is 11.4. The first-order valence-electron chi connectivity index (χ1n) is 5.08. The van der Waals surface area contributed by atoms with E-state index in [9.17, 15) is 9.90 Å². The van der Waals surface area contributed by atoms with Crippen LogP contribution < -0.4 is 0 Å². The highest BCUT2D eigenvalue weighted by molar-refractivity contribution is 5.89. The molecule has 0 spiro atoms. The van der Waals surface area contributed by atoms with Crippen LogP contribution in [0.2, 0.25) is 0 Å². The summed E-state index contributed by atoms with van der Waals surface area (Å²) in [6, 6.07) is 9.30. The molecule has 86 valence electrons. The maximum absolute atomic E-state index is 11.4. The summed E-state index contributed by atoms with van der Waals surface area (Å²) in [6.45, 7) is 5.32. The van der Waals surface area contributed by atoms with Crippen molar-refractivity contribution >= 4 is 5.97 Å². The molecule has 0 aliphatic rings. The molecular formula is C13H16O3. The molecule has 1 aromatic rings. The van der Waals surface area contributed by atoms with Crippen molar-refractivity contribution in [2.24, 2.45) is 0 Å². The molecule has 0 heterocycles. The third-order valence-electron chi connectivity index (χ3n) is 2.46. The van der Waals surface area contributed by atoms with Crippen LogP contribution in [0.4, 0.5) is 0 Å². The van der Waals surface area contributed by atoms with E-state index in [-0.39, 0.29) is 5.57 Å². The molecule has 3 nitrogen and oxygen atoms in total. The van der Waals surface area contributed by atoms with Gasteiger partial charge < -0.3 is 9.84 Å². The quantitative estimate of drug-likeness (QED) is 0.622. The first kappa shape index (κ1) is 12.5. The molecule has 16 heavy (non-hydrogen) atoms. The maximum atomic E-state index is 11.4. The fraction of sp³-hybridized carbons (Fsp3) is 0.308. The number of aliphatic hydroxyl groups is 1. The molecule has 0 aliphatic carbocycles. The average molecular weight is 220 g/mol. The van der Waals surface area contributed by atoms with Gasteiger partial charge in [0.05, 0.1) is 13.2 Å². The van der Waals surface area contributed by atoms with E-state index in [0.29, 0.717) is 0 Å². The number of rotatable bonds is 4. The van der Waals surface area contributed by atoms with Crippen molar-refractivity contribution in [1.29, 1.82) is 0 Å². The molecule has 0 unspecified atom stereocenters. The lowest BCUT2D eigenvalue weighted by atomic mass is 9.88. The van der Waals surface area contributed by atoms with Crippen molar-refractivity contribution in [3.05, 3.63) is 48.0 Å². The van der Waals surface area contributed by atoms with Gasteiger partial charge in [0.15, 0.2) is 0 Å². The maximum Gasteiger partial charge on any atom is 0.333 e. The van der Waals surface area contributed by atoms with E-state index in [4.69, 9.17) is 0 Å². The highest BCUT2D eigenvalue weighted by atomic mass is 16.5. The Hall–Kier alpha value is -1.61. The first-order valence-corrected chi connectivity index (χ1v) is 5.08. The SMILES string of the molecule is C=C(C(=O)OC)[C@H](c1ccccc1)[C@H](C)O. The second kappa shape index (κ2) is 5.47. The van der Waals surface area contributed by atoms with Gasteiger partial charge in [-0.25, -0.2) is 4.79 Å². The summed E-state index contributed by atoms with van der Waals surface area (Å²) >= 11 is 0. The molecule has 1 rings (SSSR count). The van der Waals surface area contributed by atoms with Gasteiger partial charge in [-0.3, -0.25) is 0 Å². The van der Waals surface area contributed by atoms with Gasteiger partial charge in [-0.05, 0) is 12.5 Å². The Morgan fingerprint density at radius 3 is 2.38 bits per heavy atom. The van der Waals surface area contributed by atoms with Gasteiger partial charge in [0.25, 0.3) is 0 Å². The van der Waals surface area contributed by atoms with Crippen molar-refractivity contribution in [3.63, 3.8) is 0 Å². The Balaban J connectivity index is 3.01. The smallest absolute Gasteiger partial charge is 0.333 e. The topological polar surface area (TPSA) is 46.5 Å². The van der Waals surface area contributed by atoms with Crippen LogP contribution in [0, 0.1) is 0 Å². The number of carbonyl (C=O) groups excluding carboxylic acids is 1. The zero-order chi connectivity index (χ0) is 12.1. The molecular weight excluding hydrogens is 204 g/mol. The molecule has 2 atom stereocenters. The Morgan fingerprint density at radius 1 is 1.38 bits per heavy atom. The molecule has 1 N–H and O–H groups in total. The van der Waals surface area contributed by atoms with Gasteiger partial charge in [-0.1, -0.05) is 36.9 Å². The predicted octanol–water partition coefficient (Wildman–Crippen LogP) is 1.88. The van der Waals surface area contributed by atoms with E-state index < -0.39 is 18.0 Å². The fourth-order valence-corrected chi connectivity index (χ4v) is 1.69. The molecule has 0 saturated carbocycles. The minimum Gasteiger partial charge on any atom is -0.466 e. The number of esters is 1. The van der Waals surface area contributed by atoms with Gasteiger partial charge in [0.2, 0.25) is 0 Å². The molecule has 0 bridgehead atoms. The van der Waals surface area contributed by atoms with E-state index in [1.807, 2.05) is 30.3 Å². The minimum absolute atomic E-state index is 0.267. The highest BCUT2D eigenvalue weighted by Crippen LogP contribution is 2.27. The predicted molar refractivity (Wildman–Crippen MR) is 62.0 cm³/mol. The normalized spacial score (nSPS) is 13.9. The van der Waals surface area contributed by atoms with Gasteiger partial charge in [0.1, 0.15) is 0 Å². The zero-order valence-corrected chi connectivity index (χ0v) is 9.51. The summed E-state index contributed by atoms with van der Waals surface area (Å²) in [7, 11) is 1.30. The van der Waals surface area contributed by atoms with Crippen molar-refractivity contribution in [1.82, 2.24) is 0 Å². The third-order valence-corrected chi connectivity index (χ3v) is 2.46. The highest BCUT2D eigenvalue weighted by Gasteiger charge is 2.25. The molecule has 0 fully saturated rings. The number of ether oxygens (including phenoxy) is 1. The number of hydrogen-bond acceptors (Lipinski definition) is 3. The van der Waals surface area contributed by atoms with E-state index in [2.05, 4.69) is 11.3 Å².